The fourth-order valence-corrected chi connectivity index (χ4v) is 4.45. The predicted octanol–water partition coefficient (Wildman–Crippen LogP) is 4.94. The van der Waals surface area contributed by atoms with Crippen LogP contribution in [0.25, 0.3) is 16.6 Å². The number of rotatable bonds is 8. The number of ketones is 1. The number of aryl methyl sites for hydroxylation is 1. The number of para-hydroxylation sites is 1. The van der Waals surface area contributed by atoms with Gasteiger partial charge in [0.05, 0.1) is 36.6 Å². The summed E-state index contributed by atoms with van der Waals surface area (Å²) in [6, 6.07) is 20.1. The number of carbonyl (C=O) groups is 1. The highest BCUT2D eigenvalue weighted by atomic mass is 32.2. The van der Waals surface area contributed by atoms with Gasteiger partial charge >= 0.3 is 0 Å². The lowest BCUT2D eigenvalue weighted by atomic mass is 10.1. The van der Waals surface area contributed by atoms with E-state index in [9.17, 15) is 9.59 Å². The van der Waals surface area contributed by atoms with Gasteiger partial charge in [0.15, 0.2) is 22.4 Å². The Morgan fingerprint density at radius 1 is 0.970 bits per heavy atom. The summed E-state index contributed by atoms with van der Waals surface area (Å²) in [4.78, 5) is 31.0. The van der Waals surface area contributed by atoms with E-state index in [1.807, 2.05) is 42.5 Å². The summed E-state index contributed by atoms with van der Waals surface area (Å²) in [5.74, 6) is 1.07. The highest BCUT2D eigenvalue weighted by molar-refractivity contribution is 7.99. The number of hydrogen-bond donors (Lipinski definition) is 0. The Morgan fingerprint density at radius 2 is 1.70 bits per heavy atom. The van der Waals surface area contributed by atoms with Crippen LogP contribution in [0.5, 0.6) is 11.5 Å². The van der Waals surface area contributed by atoms with Gasteiger partial charge in [-0.2, -0.15) is 0 Å². The summed E-state index contributed by atoms with van der Waals surface area (Å²) < 4.78 is 12.1. The maximum atomic E-state index is 13.4. The van der Waals surface area contributed by atoms with Gasteiger partial charge in [0.2, 0.25) is 0 Å². The molecular formula is C26H24N2O4S. The van der Waals surface area contributed by atoms with Gasteiger partial charge < -0.3 is 9.47 Å². The lowest BCUT2D eigenvalue weighted by molar-refractivity contribution is 0.102. The predicted molar refractivity (Wildman–Crippen MR) is 131 cm³/mol. The minimum Gasteiger partial charge on any atom is -0.493 e. The molecule has 1 aromatic heterocycles. The highest BCUT2D eigenvalue weighted by Crippen LogP contribution is 2.29. The fourth-order valence-electron chi connectivity index (χ4n) is 3.54. The van der Waals surface area contributed by atoms with Crippen LogP contribution in [0.15, 0.2) is 76.7 Å². The van der Waals surface area contributed by atoms with Crippen LogP contribution >= 0.6 is 11.8 Å². The molecule has 0 N–H and O–H groups in total. The second-order valence-electron chi connectivity index (χ2n) is 7.35. The van der Waals surface area contributed by atoms with E-state index in [4.69, 9.17) is 14.5 Å². The van der Waals surface area contributed by atoms with E-state index in [1.54, 1.807) is 35.9 Å². The Hall–Kier alpha value is -3.58. The van der Waals surface area contributed by atoms with Crippen LogP contribution in [-0.4, -0.2) is 35.3 Å². The smallest absolute Gasteiger partial charge is 0.266 e. The van der Waals surface area contributed by atoms with Crippen molar-refractivity contribution in [1.29, 1.82) is 0 Å². The Kier molecular flexibility index (Phi) is 6.79. The summed E-state index contributed by atoms with van der Waals surface area (Å²) in [5.41, 5.74) is 2.84. The lowest BCUT2D eigenvalue weighted by Crippen LogP contribution is -2.22. The number of aromatic nitrogens is 2. The zero-order valence-electron chi connectivity index (χ0n) is 18.7. The Labute approximate surface area is 196 Å². The molecule has 168 valence electrons. The van der Waals surface area contributed by atoms with Crippen LogP contribution in [0, 0.1) is 0 Å². The van der Waals surface area contributed by atoms with Gasteiger partial charge in [-0.05, 0) is 54.4 Å². The third kappa shape index (κ3) is 4.64. The van der Waals surface area contributed by atoms with E-state index in [1.165, 1.54) is 24.4 Å². The molecule has 0 atom stereocenters. The molecule has 0 radical (unpaired) electrons. The van der Waals surface area contributed by atoms with E-state index in [0.717, 1.165) is 12.1 Å². The zero-order valence-corrected chi connectivity index (χ0v) is 19.5. The number of methoxy groups -OCH3 is 2. The van der Waals surface area contributed by atoms with Crippen LogP contribution in [0.4, 0.5) is 0 Å². The Morgan fingerprint density at radius 3 is 2.39 bits per heavy atom. The van der Waals surface area contributed by atoms with Crippen molar-refractivity contribution in [2.24, 2.45) is 0 Å². The van der Waals surface area contributed by atoms with Crippen LogP contribution in [0.1, 0.15) is 22.8 Å². The molecule has 0 amide bonds. The SMILES string of the molecule is CCc1ccc(-n2c(SCC(=O)c3ccc(OC)c(OC)c3)nc3ccccc3c2=O)cc1. The molecule has 0 unspecified atom stereocenters. The van der Waals surface area contributed by atoms with E-state index in [2.05, 4.69) is 6.92 Å². The summed E-state index contributed by atoms with van der Waals surface area (Å²) >= 11 is 1.24. The first-order valence-electron chi connectivity index (χ1n) is 10.5. The third-order valence-electron chi connectivity index (χ3n) is 5.39. The molecule has 0 saturated heterocycles. The second kappa shape index (κ2) is 9.92. The first-order chi connectivity index (χ1) is 16.0. The van der Waals surface area contributed by atoms with Gasteiger partial charge in [0, 0.05) is 5.56 Å². The summed E-state index contributed by atoms with van der Waals surface area (Å²) in [6.45, 7) is 2.08. The van der Waals surface area contributed by atoms with E-state index in [-0.39, 0.29) is 17.1 Å². The van der Waals surface area contributed by atoms with Gasteiger partial charge in [-0.15, -0.1) is 0 Å². The summed E-state index contributed by atoms with van der Waals surface area (Å²) in [5, 5.41) is 1.00. The molecule has 0 spiro atoms. The number of carbonyl (C=O) groups excluding carboxylic acids is 1. The van der Waals surface area contributed by atoms with Crippen LogP contribution in [-0.2, 0) is 6.42 Å². The van der Waals surface area contributed by atoms with Gasteiger partial charge in [-0.3, -0.25) is 14.2 Å². The third-order valence-corrected chi connectivity index (χ3v) is 6.32. The van der Waals surface area contributed by atoms with Crippen LogP contribution < -0.4 is 15.0 Å². The van der Waals surface area contributed by atoms with Crippen molar-refractivity contribution in [3.63, 3.8) is 0 Å². The molecular weight excluding hydrogens is 436 g/mol. The molecule has 0 aliphatic rings. The molecule has 1 heterocycles. The first-order valence-corrected chi connectivity index (χ1v) is 11.5. The maximum absolute atomic E-state index is 13.4. The Balaban J connectivity index is 1.71. The molecule has 4 rings (SSSR count). The maximum Gasteiger partial charge on any atom is 0.266 e. The Bertz CT molecular complexity index is 1360. The molecule has 0 aliphatic carbocycles. The van der Waals surface area contributed by atoms with Crippen molar-refractivity contribution in [3.05, 3.63) is 88.2 Å². The average Bonchev–Trinajstić information content (AvgIpc) is 2.87. The van der Waals surface area contributed by atoms with Gasteiger partial charge in [0.25, 0.3) is 5.56 Å². The molecule has 0 saturated carbocycles. The van der Waals surface area contributed by atoms with E-state index >= 15 is 0 Å². The normalized spacial score (nSPS) is 10.9. The van der Waals surface area contributed by atoms with Crippen LogP contribution in [0.3, 0.4) is 0 Å². The second-order valence-corrected chi connectivity index (χ2v) is 8.30. The van der Waals surface area contributed by atoms with E-state index < -0.39 is 0 Å². The van der Waals surface area contributed by atoms with Crippen molar-refractivity contribution in [1.82, 2.24) is 9.55 Å². The molecule has 6 nitrogen and oxygen atoms in total. The van der Waals surface area contributed by atoms with Crippen LogP contribution in [0.2, 0.25) is 0 Å². The summed E-state index contributed by atoms with van der Waals surface area (Å²) in [7, 11) is 3.08. The molecule has 4 aromatic rings. The molecule has 0 fully saturated rings. The molecule has 33 heavy (non-hydrogen) atoms. The minimum absolute atomic E-state index is 0.101. The molecule has 3 aromatic carbocycles. The number of Topliss-reactive ketones (excluding diaryl/α,β-unsaturated/α-hetero) is 1. The molecule has 0 bridgehead atoms. The van der Waals surface area contributed by atoms with Crippen molar-refractivity contribution in [2.75, 3.05) is 20.0 Å². The fraction of sp³-hybridized carbons (Fsp3) is 0.192. The van der Waals surface area contributed by atoms with Gasteiger partial charge in [-0.25, -0.2) is 4.98 Å². The van der Waals surface area contributed by atoms with E-state index in [0.29, 0.717) is 33.1 Å². The molecule has 7 heteroatoms. The lowest BCUT2D eigenvalue weighted by Gasteiger charge is -2.14. The molecule has 0 aliphatic heterocycles. The average molecular weight is 461 g/mol. The highest BCUT2D eigenvalue weighted by Gasteiger charge is 2.16. The number of hydrogen-bond acceptors (Lipinski definition) is 6. The van der Waals surface area contributed by atoms with Crippen molar-refractivity contribution in [2.45, 2.75) is 18.5 Å². The zero-order chi connectivity index (χ0) is 23.4. The largest absolute Gasteiger partial charge is 0.493 e. The number of benzene rings is 3. The standard InChI is InChI=1S/C26H24N2O4S/c1-4-17-9-12-19(13-10-17)28-25(30)20-7-5-6-8-21(20)27-26(28)33-16-22(29)18-11-14-23(31-2)24(15-18)32-3/h5-15H,4,16H2,1-3H3. The van der Waals surface area contributed by atoms with Crippen molar-refractivity contribution >= 4 is 28.4 Å². The van der Waals surface area contributed by atoms with Gasteiger partial charge in [0.1, 0.15) is 0 Å². The quantitative estimate of drug-likeness (QED) is 0.211. The van der Waals surface area contributed by atoms with Gasteiger partial charge in [-0.1, -0.05) is 43.0 Å². The number of thioether (sulfide) groups is 1. The van der Waals surface area contributed by atoms with Crippen molar-refractivity contribution in [3.8, 4) is 17.2 Å². The first kappa shape index (κ1) is 22.6. The monoisotopic (exact) mass is 460 g/mol. The minimum atomic E-state index is -0.161. The summed E-state index contributed by atoms with van der Waals surface area (Å²) in [6.07, 6.45) is 0.909. The topological polar surface area (TPSA) is 70.4 Å². The van der Waals surface area contributed by atoms with Crippen molar-refractivity contribution < 1.29 is 14.3 Å². The number of fused-ring (bicyclic) bond motifs is 1. The number of nitrogens with zero attached hydrogens (tertiary/aromatic N) is 2. The number of ether oxygens (including phenoxy) is 2.